The van der Waals surface area contributed by atoms with Gasteiger partial charge in [0.05, 0.1) is 11.4 Å². The van der Waals surface area contributed by atoms with Crippen LogP contribution in [0.3, 0.4) is 0 Å². The molecule has 3 aromatic rings. The van der Waals surface area contributed by atoms with E-state index in [0.29, 0.717) is 0 Å². The number of nitrogens with zero attached hydrogens (tertiary/aromatic N) is 1. The average molecular weight is 346 g/mol. The van der Waals surface area contributed by atoms with Crippen LogP contribution in [0.5, 0.6) is 0 Å². The predicted molar refractivity (Wildman–Crippen MR) is 88.9 cm³/mol. The molecule has 0 unspecified atom stereocenters. The second-order valence-corrected chi connectivity index (χ2v) is 5.93. The third kappa shape index (κ3) is 3.18. The monoisotopic (exact) mass is 345 g/mol. The number of rotatable bonds is 4. The number of hydrogen-bond donors (Lipinski definition) is 2. The highest BCUT2D eigenvalue weighted by Crippen LogP contribution is 2.26. The first kappa shape index (κ1) is 13.1. The molecule has 2 aromatic carbocycles. The molecule has 0 saturated heterocycles. The normalized spacial score (nSPS) is 10.2. The molecule has 0 aliphatic rings. The fourth-order valence-electron chi connectivity index (χ4n) is 1.73. The minimum Gasteiger partial charge on any atom is -0.299 e. The van der Waals surface area contributed by atoms with Gasteiger partial charge in [0.25, 0.3) is 0 Å². The van der Waals surface area contributed by atoms with Crippen molar-refractivity contribution in [2.24, 2.45) is 0 Å². The lowest BCUT2D eigenvalue weighted by Gasteiger charge is -2.05. The molecular weight excluding hydrogens is 334 g/mol. The van der Waals surface area contributed by atoms with Gasteiger partial charge >= 0.3 is 0 Å². The number of aromatic nitrogens is 1. The lowest BCUT2D eigenvalue weighted by Crippen LogP contribution is -2.07. The average Bonchev–Trinajstić information content (AvgIpc) is 2.96. The van der Waals surface area contributed by atoms with E-state index in [1.54, 1.807) is 11.3 Å². The molecule has 0 radical (unpaired) electrons. The number of thiazole rings is 1. The lowest BCUT2D eigenvalue weighted by atomic mass is 10.2. The van der Waals surface area contributed by atoms with Crippen LogP contribution in [0.4, 0.5) is 10.8 Å². The second kappa shape index (κ2) is 6.07. The number of nitrogens with one attached hydrogen (secondary N) is 2. The van der Waals surface area contributed by atoms with Gasteiger partial charge in [-0.15, -0.1) is 11.3 Å². The third-order valence-electron chi connectivity index (χ3n) is 2.73. The Morgan fingerprint density at radius 3 is 2.40 bits per heavy atom. The van der Waals surface area contributed by atoms with Crippen LogP contribution >= 0.6 is 27.3 Å². The predicted octanol–water partition coefficient (Wildman–Crippen LogP) is 5.01. The maximum absolute atomic E-state index is 4.55. The van der Waals surface area contributed by atoms with Gasteiger partial charge in [-0.3, -0.25) is 10.9 Å². The van der Waals surface area contributed by atoms with Crippen LogP contribution in [-0.2, 0) is 0 Å². The molecule has 0 atom stereocenters. The largest absolute Gasteiger partial charge is 0.299 e. The summed E-state index contributed by atoms with van der Waals surface area (Å²) in [5, 5.41) is 2.88. The molecule has 20 heavy (non-hydrogen) atoms. The molecule has 3 nitrogen and oxygen atoms in total. The van der Waals surface area contributed by atoms with Crippen molar-refractivity contribution in [3.8, 4) is 11.3 Å². The molecular formula is C15H12BrN3S. The van der Waals surface area contributed by atoms with Crippen molar-refractivity contribution >= 4 is 38.1 Å². The lowest BCUT2D eigenvalue weighted by molar-refractivity contribution is 1.33. The van der Waals surface area contributed by atoms with E-state index in [4.69, 9.17) is 0 Å². The Kier molecular flexibility index (Phi) is 3.99. The minimum absolute atomic E-state index is 0.840. The maximum Gasteiger partial charge on any atom is 0.202 e. The Morgan fingerprint density at radius 1 is 0.900 bits per heavy atom. The van der Waals surface area contributed by atoms with E-state index in [-0.39, 0.29) is 0 Å². The van der Waals surface area contributed by atoms with Crippen molar-refractivity contribution < 1.29 is 0 Å². The minimum atomic E-state index is 0.840. The molecule has 0 fully saturated rings. The van der Waals surface area contributed by atoms with Crippen molar-refractivity contribution in [2.45, 2.75) is 0 Å². The van der Waals surface area contributed by atoms with E-state index < -0.39 is 0 Å². The Morgan fingerprint density at radius 2 is 1.65 bits per heavy atom. The van der Waals surface area contributed by atoms with Crippen molar-refractivity contribution in [3.63, 3.8) is 0 Å². The van der Waals surface area contributed by atoms with Gasteiger partial charge < -0.3 is 0 Å². The summed E-state index contributed by atoms with van der Waals surface area (Å²) in [7, 11) is 0. The van der Waals surface area contributed by atoms with E-state index in [9.17, 15) is 0 Å². The second-order valence-electron chi connectivity index (χ2n) is 4.16. The number of anilines is 2. The Bertz CT molecular complexity index is 680. The van der Waals surface area contributed by atoms with Crippen LogP contribution < -0.4 is 10.9 Å². The topological polar surface area (TPSA) is 37.0 Å². The summed E-state index contributed by atoms with van der Waals surface area (Å²) in [5.74, 6) is 0. The molecule has 0 amide bonds. The van der Waals surface area contributed by atoms with Crippen molar-refractivity contribution in [1.82, 2.24) is 4.98 Å². The smallest absolute Gasteiger partial charge is 0.202 e. The highest BCUT2D eigenvalue weighted by molar-refractivity contribution is 9.10. The zero-order valence-electron chi connectivity index (χ0n) is 10.5. The summed E-state index contributed by atoms with van der Waals surface area (Å²) >= 11 is 5.01. The molecule has 100 valence electrons. The maximum atomic E-state index is 4.55. The highest BCUT2D eigenvalue weighted by atomic mass is 79.9. The summed E-state index contributed by atoms with van der Waals surface area (Å²) in [6.45, 7) is 0. The van der Waals surface area contributed by atoms with Gasteiger partial charge in [-0.25, -0.2) is 4.98 Å². The molecule has 3 rings (SSSR count). The van der Waals surface area contributed by atoms with Crippen molar-refractivity contribution in [2.75, 3.05) is 10.9 Å². The van der Waals surface area contributed by atoms with E-state index in [1.807, 2.05) is 60.0 Å². The Hall–Kier alpha value is -1.85. The molecule has 5 heteroatoms. The number of hydrazine groups is 1. The molecule has 2 N–H and O–H groups in total. The molecule has 0 aliphatic carbocycles. The Labute approximate surface area is 129 Å². The summed E-state index contributed by atoms with van der Waals surface area (Å²) in [6, 6.07) is 18.1. The van der Waals surface area contributed by atoms with Gasteiger partial charge in [0, 0.05) is 15.4 Å². The van der Waals surface area contributed by atoms with Crippen LogP contribution in [0.15, 0.2) is 64.5 Å². The summed E-state index contributed by atoms with van der Waals surface area (Å²) < 4.78 is 1.07. The molecule has 0 bridgehead atoms. The van der Waals surface area contributed by atoms with E-state index >= 15 is 0 Å². The van der Waals surface area contributed by atoms with Crippen LogP contribution in [0.2, 0.25) is 0 Å². The van der Waals surface area contributed by atoms with Gasteiger partial charge in [-0.05, 0) is 24.3 Å². The van der Waals surface area contributed by atoms with Gasteiger partial charge in [-0.1, -0.05) is 46.3 Å². The number of para-hydroxylation sites is 1. The summed E-state index contributed by atoms with van der Waals surface area (Å²) in [6.07, 6.45) is 0. The first-order valence-corrected chi connectivity index (χ1v) is 7.77. The molecule has 1 aromatic heterocycles. The number of benzene rings is 2. The van der Waals surface area contributed by atoms with Crippen LogP contribution in [0, 0.1) is 0 Å². The molecule has 0 aliphatic heterocycles. The third-order valence-corrected chi connectivity index (χ3v) is 4.02. The summed E-state index contributed by atoms with van der Waals surface area (Å²) in [5.41, 5.74) is 9.32. The van der Waals surface area contributed by atoms with Gasteiger partial charge in [0.1, 0.15) is 0 Å². The van der Waals surface area contributed by atoms with E-state index in [1.165, 1.54) is 0 Å². The van der Waals surface area contributed by atoms with Crippen molar-refractivity contribution in [1.29, 1.82) is 0 Å². The van der Waals surface area contributed by atoms with Crippen LogP contribution in [0.25, 0.3) is 11.3 Å². The van der Waals surface area contributed by atoms with Crippen LogP contribution in [-0.4, -0.2) is 4.98 Å². The fraction of sp³-hybridized carbons (Fsp3) is 0. The fourth-order valence-corrected chi connectivity index (χ4v) is 2.67. The van der Waals surface area contributed by atoms with E-state index in [0.717, 1.165) is 26.5 Å². The molecule has 0 spiro atoms. The zero-order valence-corrected chi connectivity index (χ0v) is 12.9. The number of hydrogen-bond acceptors (Lipinski definition) is 4. The highest BCUT2D eigenvalue weighted by Gasteiger charge is 2.04. The molecule has 1 heterocycles. The summed E-state index contributed by atoms with van der Waals surface area (Å²) in [4.78, 5) is 4.55. The first-order valence-electron chi connectivity index (χ1n) is 6.10. The SMILES string of the molecule is Brc1ccc(-c2csc(NNc3ccccc3)n2)cc1. The van der Waals surface area contributed by atoms with Crippen LogP contribution in [0.1, 0.15) is 0 Å². The Balaban J connectivity index is 1.69. The quantitative estimate of drug-likeness (QED) is 0.652. The van der Waals surface area contributed by atoms with E-state index in [2.05, 4.69) is 31.8 Å². The first-order chi connectivity index (χ1) is 9.81. The zero-order chi connectivity index (χ0) is 13.8. The standard InChI is InChI=1S/C15H12BrN3S/c16-12-8-6-11(7-9-12)14-10-20-15(17-14)19-18-13-4-2-1-3-5-13/h1-10,18H,(H,17,19). The van der Waals surface area contributed by atoms with Gasteiger partial charge in [0.15, 0.2) is 0 Å². The van der Waals surface area contributed by atoms with Gasteiger partial charge in [-0.2, -0.15) is 0 Å². The van der Waals surface area contributed by atoms with Gasteiger partial charge in [0.2, 0.25) is 5.13 Å². The number of halogens is 1. The molecule has 0 saturated carbocycles. The van der Waals surface area contributed by atoms with Crippen molar-refractivity contribution in [3.05, 3.63) is 64.5 Å².